The SMILES string of the molecule is N#Cc1ccc2c(c1)c1ccccc1n2-c1ccccc1-c1cccc(-c2cc(C#N)c(C#N)c(-n3c4ccccc4c4ccccc43)c2)c1. The first-order chi connectivity index (χ1) is 24.7. The molecule has 50 heavy (non-hydrogen) atoms. The zero-order valence-corrected chi connectivity index (χ0v) is 26.7. The molecule has 0 aliphatic carbocycles. The molecule has 2 aromatic heterocycles. The van der Waals surface area contributed by atoms with Gasteiger partial charge in [-0.15, -0.1) is 0 Å². The van der Waals surface area contributed by atoms with E-state index in [1.807, 2.05) is 91.0 Å². The van der Waals surface area contributed by atoms with Gasteiger partial charge >= 0.3 is 0 Å². The Morgan fingerprint density at radius 1 is 0.380 bits per heavy atom. The van der Waals surface area contributed by atoms with E-state index in [0.717, 1.165) is 71.6 Å². The fourth-order valence-corrected chi connectivity index (χ4v) is 7.44. The van der Waals surface area contributed by atoms with Crippen LogP contribution in [0.25, 0.3) is 77.2 Å². The Hall–Kier alpha value is -7.39. The largest absolute Gasteiger partial charge is 0.309 e. The molecule has 5 heteroatoms. The Morgan fingerprint density at radius 2 is 0.960 bits per heavy atom. The van der Waals surface area contributed by atoms with Gasteiger partial charge in [-0.05, 0) is 77.4 Å². The van der Waals surface area contributed by atoms with Crippen LogP contribution in [0.2, 0.25) is 0 Å². The lowest BCUT2D eigenvalue weighted by molar-refractivity contribution is 1.16. The number of para-hydroxylation sites is 4. The molecule has 0 fully saturated rings. The van der Waals surface area contributed by atoms with Crippen LogP contribution in [0.4, 0.5) is 0 Å². The minimum absolute atomic E-state index is 0.328. The van der Waals surface area contributed by atoms with E-state index < -0.39 is 0 Å². The summed E-state index contributed by atoms with van der Waals surface area (Å²) in [5.74, 6) is 0. The van der Waals surface area contributed by atoms with E-state index in [4.69, 9.17) is 0 Å². The second-order valence-electron chi connectivity index (χ2n) is 12.3. The van der Waals surface area contributed by atoms with Gasteiger partial charge < -0.3 is 9.13 Å². The van der Waals surface area contributed by atoms with Crippen LogP contribution in [0.15, 0.2) is 152 Å². The van der Waals surface area contributed by atoms with Crippen molar-refractivity contribution in [1.82, 2.24) is 9.13 Å². The average Bonchev–Trinajstić information content (AvgIpc) is 3.70. The highest BCUT2D eigenvalue weighted by atomic mass is 15.0. The lowest BCUT2D eigenvalue weighted by atomic mass is 9.94. The van der Waals surface area contributed by atoms with Crippen LogP contribution in [0.1, 0.15) is 16.7 Å². The Balaban J connectivity index is 1.26. The van der Waals surface area contributed by atoms with Gasteiger partial charge in [0.15, 0.2) is 0 Å². The van der Waals surface area contributed by atoms with Crippen LogP contribution in [0.3, 0.4) is 0 Å². The van der Waals surface area contributed by atoms with Gasteiger partial charge in [0.2, 0.25) is 0 Å². The van der Waals surface area contributed by atoms with E-state index >= 15 is 0 Å². The lowest BCUT2D eigenvalue weighted by Gasteiger charge is -2.16. The molecule has 230 valence electrons. The smallest absolute Gasteiger partial charge is 0.103 e. The maximum atomic E-state index is 10.4. The summed E-state index contributed by atoms with van der Waals surface area (Å²) in [6.45, 7) is 0. The molecule has 0 aliphatic rings. The second kappa shape index (κ2) is 11.4. The number of nitrogens with zero attached hydrogens (tertiary/aromatic N) is 5. The summed E-state index contributed by atoms with van der Waals surface area (Å²) in [7, 11) is 0. The zero-order valence-electron chi connectivity index (χ0n) is 26.7. The summed E-state index contributed by atoms with van der Waals surface area (Å²) in [5, 5.41) is 34.6. The molecule has 0 aliphatic heterocycles. The van der Waals surface area contributed by atoms with Gasteiger partial charge in [0, 0.05) is 27.1 Å². The van der Waals surface area contributed by atoms with Crippen LogP contribution in [-0.2, 0) is 0 Å². The normalized spacial score (nSPS) is 11.1. The van der Waals surface area contributed by atoms with Crippen molar-refractivity contribution >= 4 is 43.6 Å². The molecule has 0 N–H and O–H groups in total. The molecular formula is C45H25N5. The number of nitriles is 3. The third kappa shape index (κ3) is 4.31. The van der Waals surface area contributed by atoms with Crippen LogP contribution in [-0.4, -0.2) is 9.13 Å². The van der Waals surface area contributed by atoms with E-state index in [1.54, 1.807) is 0 Å². The molecule has 2 heterocycles. The number of fused-ring (bicyclic) bond motifs is 6. The van der Waals surface area contributed by atoms with Gasteiger partial charge in [0.1, 0.15) is 12.1 Å². The predicted molar refractivity (Wildman–Crippen MR) is 200 cm³/mol. The van der Waals surface area contributed by atoms with Crippen molar-refractivity contribution in [2.45, 2.75) is 0 Å². The van der Waals surface area contributed by atoms with Gasteiger partial charge in [-0.25, -0.2) is 0 Å². The topological polar surface area (TPSA) is 81.2 Å². The fraction of sp³-hybridized carbons (Fsp3) is 0. The minimum Gasteiger partial charge on any atom is -0.309 e. The summed E-state index contributed by atoms with van der Waals surface area (Å²) in [6.07, 6.45) is 0. The molecule has 5 nitrogen and oxygen atoms in total. The van der Waals surface area contributed by atoms with Gasteiger partial charge in [0.25, 0.3) is 0 Å². The van der Waals surface area contributed by atoms with E-state index in [9.17, 15) is 15.8 Å². The molecule has 0 unspecified atom stereocenters. The monoisotopic (exact) mass is 635 g/mol. The molecule has 0 bridgehead atoms. The van der Waals surface area contributed by atoms with Crippen LogP contribution < -0.4 is 0 Å². The molecule has 7 aromatic carbocycles. The molecule has 0 amide bonds. The highest BCUT2D eigenvalue weighted by Gasteiger charge is 2.20. The molecular weight excluding hydrogens is 611 g/mol. The first-order valence-corrected chi connectivity index (χ1v) is 16.3. The van der Waals surface area contributed by atoms with E-state index in [-0.39, 0.29) is 0 Å². The summed E-state index contributed by atoms with van der Waals surface area (Å²) >= 11 is 0. The van der Waals surface area contributed by atoms with Crippen LogP contribution in [0.5, 0.6) is 0 Å². The maximum absolute atomic E-state index is 10.4. The molecule has 0 saturated heterocycles. The number of benzene rings is 7. The number of rotatable bonds is 4. The highest BCUT2D eigenvalue weighted by Crippen LogP contribution is 2.39. The van der Waals surface area contributed by atoms with Crippen molar-refractivity contribution in [3.8, 4) is 51.8 Å². The first kappa shape index (κ1) is 28.8. The van der Waals surface area contributed by atoms with Gasteiger partial charge in [-0.1, -0.05) is 91.0 Å². The molecule has 9 aromatic rings. The Kier molecular flexibility index (Phi) is 6.56. The van der Waals surface area contributed by atoms with E-state index in [2.05, 4.69) is 88.0 Å². The van der Waals surface area contributed by atoms with E-state index in [0.29, 0.717) is 22.4 Å². The van der Waals surface area contributed by atoms with Gasteiger partial charge in [-0.2, -0.15) is 15.8 Å². The predicted octanol–water partition coefficient (Wildman–Crippen LogP) is 10.8. The molecule has 0 atom stereocenters. The average molecular weight is 636 g/mol. The summed E-state index contributed by atoms with van der Waals surface area (Å²) in [6, 6.07) is 58.0. The highest BCUT2D eigenvalue weighted by molar-refractivity contribution is 6.11. The van der Waals surface area contributed by atoms with Crippen molar-refractivity contribution in [3.63, 3.8) is 0 Å². The Morgan fingerprint density at radius 3 is 1.62 bits per heavy atom. The first-order valence-electron chi connectivity index (χ1n) is 16.3. The zero-order chi connectivity index (χ0) is 33.8. The molecule has 0 saturated carbocycles. The third-order valence-corrected chi connectivity index (χ3v) is 9.62. The second-order valence-corrected chi connectivity index (χ2v) is 12.3. The van der Waals surface area contributed by atoms with Crippen molar-refractivity contribution in [2.75, 3.05) is 0 Å². The summed E-state index contributed by atoms with van der Waals surface area (Å²) in [5.41, 5.74) is 10.8. The Labute approximate surface area is 287 Å². The third-order valence-electron chi connectivity index (χ3n) is 9.62. The Bertz CT molecular complexity index is 2920. The number of hydrogen-bond donors (Lipinski definition) is 0. The number of hydrogen-bond acceptors (Lipinski definition) is 3. The maximum Gasteiger partial charge on any atom is 0.103 e. The van der Waals surface area contributed by atoms with E-state index in [1.165, 1.54) is 0 Å². The molecule has 0 spiro atoms. The minimum atomic E-state index is 0.328. The van der Waals surface area contributed by atoms with Crippen molar-refractivity contribution < 1.29 is 0 Å². The quantitative estimate of drug-likeness (QED) is 0.193. The van der Waals surface area contributed by atoms with Gasteiger partial charge in [-0.3, -0.25) is 0 Å². The molecule has 0 radical (unpaired) electrons. The van der Waals surface area contributed by atoms with Crippen LogP contribution in [0, 0.1) is 34.0 Å². The summed E-state index contributed by atoms with van der Waals surface area (Å²) < 4.78 is 4.37. The summed E-state index contributed by atoms with van der Waals surface area (Å²) in [4.78, 5) is 0. The molecule has 9 rings (SSSR count). The lowest BCUT2D eigenvalue weighted by Crippen LogP contribution is -2.01. The fourth-order valence-electron chi connectivity index (χ4n) is 7.44. The number of aromatic nitrogens is 2. The van der Waals surface area contributed by atoms with Gasteiger partial charge in [0.05, 0.1) is 56.2 Å². The van der Waals surface area contributed by atoms with Crippen molar-refractivity contribution in [3.05, 3.63) is 168 Å². The van der Waals surface area contributed by atoms with Crippen molar-refractivity contribution in [1.29, 1.82) is 15.8 Å². The van der Waals surface area contributed by atoms with Crippen LogP contribution >= 0.6 is 0 Å². The van der Waals surface area contributed by atoms with Crippen molar-refractivity contribution in [2.24, 2.45) is 0 Å². The standard InChI is InChI=1S/C45H25N5/c46-26-29-20-21-44-38(22-29)37-15-4-8-19-43(37)49(44)40-16-5-1-12-34(40)31-11-9-10-30(23-31)32-24-33(27-47)39(28-48)45(25-32)50-41-17-6-2-13-35(41)36-14-3-7-18-42(36)50/h1-25H.